The molecule has 110 valence electrons. The molecule has 0 bridgehead atoms. The first-order valence-electron chi connectivity index (χ1n) is 6.37. The van der Waals surface area contributed by atoms with Gasteiger partial charge in [0.05, 0.1) is 5.75 Å². The van der Waals surface area contributed by atoms with Crippen molar-refractivity contribution in [2.75, 3.05) is 12.0 Å². The standard InChI is InChI=1S/C12H21NO5S/c1-3-4-9(11(15)16)13-10(14)7-12(5-6-12)8-19(2,17)18/h9H,3-8H2,1-2H3,(H,13,14)(H,15,16). The Morgan fingerprint density at radius 3 is 2.32 bits per heavy atom. The zero-order valence-corrected chi connectivity index (χ0v) is 12.1. The fraction of sp³-hybridized carbons (Fsp3) is 0.833. The third-order valence-electron chi connectivity index (χ3n) is 3.27. The number of carboxylic acid groups (broad SMARTS) is 1. The maximum atomic E-state index is 11.8. The van der Waals surface area contributed by atoms with Gasteiger partial charge in [0.1, 0.15) is 15.9 Å². The van der Waals surface area contributed by atoms with E-state index < -0.39 is 27.3 Å². The van der Waals surface area contributed by atoms with Crippen molar-refractivity contribution in [3.8, 4) is 0 Å². The van der Waals surface area contributed by atoms with Crippen molar-refractivity contribution < 1.29 is 23.1 Å². The average molecular weight is 291 g/mol. The molecule has 0 heterocycles. The Hall–Kier alpha value is -1.11. The van der Waals surface area contributed by atoms with Gasteiger partial charge in [0, 0.05) is 12.7 Å². The molecule has 0 aromatic carbocycles. The molecule has 0 aliphatic heterocycles. The molecule has 1 rings (SSSR count). The van der Waals surface area contributed by atoms with Gasteiger partial charge in [0.15, 0.2) is 0 Å². The number of carboxylic acids is 1. The molecule has 1 fully saturated rings. The number of hydrogen-bond acceptors (Lipinski definition) is 4. The van der Waals surface area contributed by atoms with E-state index in [4.69, 9.17) is 5.11 Å². The lowest BCUT2D eigenvalue weighted by atomic mass is 10.0. The molecule has 0 radical (unpaired) electrons. The summed E-state index contributed by atoms with van der Waals surface area (Å²) in [5.74, 6) is -1.43. The Labute approximate surface area is 113 Å². The van der Waals surface area contributed by atoms with Crippen LogP contribution < -0.4 is 5.32 Å². The molecule has 1 aliphatic rings. The molecule has 0 saturated heterocycles. The summed E-state index contributed by atoms with van der Waals surface area (Å²) in [6.07, 6.45) is 3.69. The summed E-state index contributed by atoms with van der Waals surface area (Å²) in [7, 11) is -3.12. The molecule has 6 nitrogen and oxygen atoms in total. The highest BCUT2D eigenvalue weighted by atomic mass is 32.2. The zero-order valence-electron chi connectivity index (χ0n) is 11.3. The largest absolute Gasteiger partial charge is 0.480 e. The number of aliphatic carboxylic acids is 1. The van der Waals surface area contributed by atoms with E-state index in [9.17, 15) is 18.0 Å². The first-order chi connectivity index (χ1) is 8.67. The van der Waals surface area contributed by atoms with E-state index in [1.165, 1.54) is 0 Å². The van der Waals surface area contributed by atoms with E-state index in [1.807, 2.05) is 6.92 Å². The van der Waals surface area contributed by atoms with Crippen molar-refractivity contribution in [2.24, 2.45) is 5.41 Å². The van der Waals surface area contributed by atoms with E-state index in [0.29, 0.717) is 25.7 Å². The molecule has 1 unspecified atom stereocenters. The minimum atomic E-state index is -3.12. The lowest BCUT2D eigenvalue weighted by molar-refractivity contribution is -0.142. The summed E-state index contributed by atoms with van der Waals surface area (Å²) >= 11 is 0. The van der Waals surface area contributed by atoms with Crippen molar-refractivity contribution >= 4 is 21.7 Å². The van der Waals surface area contributed by atoms with Crippen LogP contribution in [0.3, 0.4) is 0 Å². The Kier molecular flexibility index (Phi) is 4.95. The minimum Gasteiger partial charge on any atom is -0.480 e. The number of rotatable bonds is 8. The molecule has 7 heteroatoms. The lowest BCUT2D eigenvalue weighted by Gasteiger charge is -2.17. The summed E-state index contributed by atoms with van der Waals surface area (Å²) in [4.78, 5) is 22.7. The normalized spacial score (nSPS) is 18.6. The van der Waals surface area contributed by atoms with Gasteiger partial charge in [0.25, 0.3) is 0 Å². The fourth-order valence-corrected chi connectivity index (χ4v) is 3.74. The third kappa shape index (κ3) is 5.59. The molecule has 1 saturated carbocycles. The number of hydrogen-bond donors (Lipinski definition) is 2. The topological polar surface area (TPSA) is 101 Å². The number of carbonyl (C=O) groups excluding carboxylic acids is 1. The van der Waals surface area contributed by atoms with E-state index >= 15 is 0 Å². The van der Waals surface area contributed by atoms with Gasteiger partial charge in [-0.3, -0.25) is 4.79 Å². The molecule has 2 N–H and O–H groups in total. The van der Waals surface area contributed by atoms with Crippen LogP contribution in [-0.2, 0) is 19.4 Å². The van der Waals surface area contributed by atoms with Crippen molar-refractivity contribution in [1.82, 2.24) is 5.32 Å². The SMILES string of the molecule is CCCC(NC(=O)CC1(CS(C)(=O)=O)CC1)C(=O)O. The Bertz CT molecular complexity index is 453. The van der Waals surface area contributed by atoms with Gasteiger partial charge in [-0.25, -0.2) is 13.2 Å². The summed E-state index contributed by atoms with van der Waals surface area (Å²) in [6.45, 7) is 1.84. The van der Waals surface area contributed by atoms with Gasteiger partial charge >= 0.3 is 5.97 Å². The van der Waals surface area contributed by atoms with Crippen LogP contribution in [-0.4, -0.2) is 43.5 Å². The summed E-state index contributed by atoms with van der Waals surface area (Å²) in [5.41, 5.74) is -0.465. The van der Waals surface area contributed by atoms with Gasteiger partial charge < -0.3 is 10.4 Å². The Balaban J connectivity index is 2.53. The van der Waals surface area contributed by atoms with Crippen molar-refractivity contribution in [3.05, 3.63) is 0 Å². The van der Waals surface area contributed by atoms with Crippen LogP contribution in [0.1, 0.15) is 39.0 Å². The summed E-state index contributed by atoms with van der Waals surface area (Å²) < 4.78 is 22.6. The smallest absolute Gasteiger partial charge is 0.326 e. The quantitative estimate of drug-likeness (QED) is 0.681. The van der Waals surface area contributed by atoms with Gasteiger partial charge in [-0.1, -0.05) is 13.3 Å². The van der Waals surface area contributed by atoms with Crippen molar-refractivity contribution in [1.29, 1.82) is 0 Å². The average Bonchev–Trinajstić information content (AvgIpc) is 2.93. The maximum Gasteiger partial charge on any atom is 0.326 e. The number of nitrogens with one attached hydrogen (secondary N) is 1. The minimum absolute atomic E-state index is 0.00106. The van der Waals surface area contributed by atoms with E-state index in [0.717, 1.165) is 6.26 Å². The second-order valence-electron chi connectivity index (χ2n) is 5.49. The highest BCUT2D eigenvalue weighted by molar-refractivity contribution is 7.90. The molecule has 0 aromatic heterocycles. The molecule has 1 atom stereocenters. The van der Waals surface area contributed by atoms with Crippen molar-refractivity contribution in [3.63, 3.8) is 0 Å². The van der Waals surface area contributed by atoms with Crippen molar-refractivity contribution in [2.45, 2.75) is 45.1 Å². The first kappa shape index (κ1) is 15.9. The molecule has 0 spiro atoms. The summed E-state index contributed by atoms with van der Waals surface area (Å²) in [5, 5.41) is 11.4. The number of carbonyl (C=O) groups is 2. The first-order valence-corrected chi connectivity index (χ1v) is 8.43. The molecular formula is C12H21NO5S. The van der Waals surface area contributed by atoms with Crippen LogP contribution in [0.25, 0.3) is 0 Å². The Morgan fingerprint density at radius 1 is 1.37 bits per heavy atom. The lowest BCUT2D eigenvalue weighted by Crippen LogP contribution is -2.41. The number of amides is 1. The van der Waals surface area contributed by atoms with Gasteiger partial charge in [0.2, 0.25) is 5.91 Å². The highest BCUT2D eigenvalue weighted by Crippen LogP contribution is 2.49. The maximum absolute atomic E-state index is 11.8. The van der Waals surface area contributed by atoms with E-state index in [1.54, 1.807) is 0 Å². The van der Waals surface area contributed by atoms with Crippen LogP contribution in [0, 0.1) is 5.41 Å². The highest BCUT2D eigenvalue weighted by Gasteiger charge is 2.46. The van der Waals surface area contributed by atoms with Gasteiger partial charge in [-0.2, -0.15) is 0 Å². The van der Waals surface area contributed by atoms with Gasteiger partial charge in [-0.15, -0.1) is 0 Å². The van der Waals surface area contributed by atoms with E-state index in [2.05, 4.69) is 5.32 Å². The summed E-state index contributed by atoms with van der Waals surface area (Å²) in [6, 6.07) is -0.883. The number of sulfone groups is 1. The van der Waals surface area contributed by atoms with Crippen LogP contribution in [0.2, 0.25) is 0 Å². The molecular weight excluding hydrogens is 270 g/mol. The third-order valence-corrected chi connectivity index (χ3v) is 4.41. The monoisotopic (exact) mass is 291 g/mol. The second-order valence-corrected chi connectivity index (χ2v) is 7.63. The molecule has 19 heavy (non-hydrogen) atoms. The van der Waals surface area contributed by atoms with Crippen LogP contribution >= 0.6 is 0 Å². The molecule has 1 aliphatic carbocycles. The van der Waals surface area contributed by atoms with Crippen LogP contribution in [0.5, 0.6) is 0 Å². The molecule has 0 aromatic rings. The fourth-order valence-electron chi connectivity index (χ4n) is 2.24. The predicted molar refractivity (Wildman–Crippen MR) is 70.5 cm³/mol. The van der Waals surface area contributed by atoms with Gasteiger partial charge in [-0.05, 0) is 24.7 Å². The zero-order chi connectivity index (χ0) is 14.7. The van der Waals surface area contributed by atoms with E-state index in [-0.39, 0.29) is 18.1 Å². The molecule has 1 amide bonds. The Morgan fingerprint density at radius 2 is 1.95 bits per heavy atom. The van der Waals surface area contributed by atoms with Crippen LogP contribution in [0.4, 0.5) is 0 Å². The van der Waals surface area contributed by atoms with Crippen LogP contribution in [0.15, 0.2) is 0 Å². The predicted octanol–water partition coefficient (Wildman–Crippen LogP) is 0.571. The second kappa shape index (κ2) is 5.90.